The van der Waals surface area contributed by atoms with Gasteiger partial charge >= 0.3 is 0 Å². The lowest BCUT2D eigenvalue weighted by molar-refractivity contribution is 0.107. The van der Waals surface area contributed by atoms with Gasteiger partial charge in [0.05, 0.1) is 29.3 Å². The molecular formula is C31H35N5. The summed E-state index contributed by atoms with van der Waals surface area (Å²) in [7, 11) is 0. The van der Waals surface area contributed by atoms with Crippen LogP contribution >= 0.6 is 0 Å². The number of nitrogens with zero attached hydrogens (tertiary/aromatic N) is 3. The van der Waals surface area contributed by atoms with Crippen molar-refractivity contribution in [3.8, 4) is 0 Å². The SMILES string of the molecule is C=CCc1ccc(C(CN)N(Cc2nc3ccccc3[nH]2)C2CCCc3cccnc32)c(CC=C)c1. The van der Waals surface area contributed by atoms with E-state index in [4.69, 9.17) is 15.7 Å². The van der Waals surface area contributed by atoms with E-state index in [1.165, 1.54) is 27.9 Å². The summed E-state index contributed by atoms with van der Waals surface area (Å²) in [6, 6.07) is 19.4. The fourth-order valence-corrected chi connectivity index (χ4v) is 5.65. The van der Waals surface area contributed by atoms with E-state index in [1.807, 2.05) is 36.5 Å². The number of hydrogen-bond donors (Lipinski definition) is 2. The smallest absolute Gasteiger partial charge is 0.121 e. The normalized spacial score (nSPS) is 16.1. The Hall–Kier alpha value is -3.54. The summed E-state index contributed by atoms with van der Waals surface area (Å²) in [6.07, 6.45) is 10.7. The van der Waals surface area contributed by atoms with E-state index in [2.05, 4.69) is 59.4 Å². The van der Waals surface area contributed by atoms with E-state index in [9.17, 15) is 0 Å². The number of imidazole rings is 1. The zero-order chi connectivity index (χ0) is 24.9. The first-order valence-electron chi connectivity index (χ1n) is 12.9. The van der Waals surface area contributed by atoms with Gasteiger partial charge in [0.2, 0.25) is 0 Å². The Labute approximate surface area is 213 Å². The van der Waals surface area contributed by atoms with Gasteiger partial charge in [-0.1, -0.05) is 48.6 Å². The van der Waals surface area contributed by atoms with E-state index in [0.717, 1.165) is 49.0 Å². The highest BCUT2D eigenvalue weighted by molar-refractivity contribution is 5.74. The van der Waals surface area contributed by atoms with Gasteiger partial charge in [-0.25, -0.2) is 4.98 Å². The Kier molecular flexibility index (Phi) is 7.40. The van der Waals surface area contributed by atoms with Crippen LogP contribution < -0.4 is 5.73 Å². The number of aromatic nitrogens is 3. The van der Waals surface area contributed by atoms with Gasteiger partial charge in [0.1, 0.15) is 5.82 Å². The summed E-state index contributed by atoms with van der Waals surface area (Å²) < 4.78 is 0. The minimum absolute atomic E-state index is 0.0175. The van der Waals surface area contributed by atoms with Crippen LogP contribution in [0.3, 0.4) is 0 Å². The minimum Gasteiger partial charge on any atom is -0.341 e. The van der Waals surface area contributed by atoms with Gasteiger partial charge in [0.25, 0.3) is 0 Å². The topological polar surface area (TPSA) is 70.8 Å². The van der Waals surface area contributed by atoms with Crippen molar-refractivity contribution >= 4 is 11.0 Å². The van der Waals surface area contributed by atoms with E-state index in [0.29, 0.717) is 13.1 Å². The van der Waals surface area contributed by atoms with Crippen LogP contribution in [0, 0.1) is 0 Å². The highest BCUT2D eigenvalue weighted by atomic mass is 15.2. The number of H-pyrrole nitrogens is 1. The summed E-state index contributed by atoms with van der Waals surface area (Å²) in [5, 5.41) is 0. The zero-order valence-electron chi connectivity index (χ0n) is 20.9. The number of hydrogen-bond acceptors (Lipinski definition) is 4. The molecule has 0 aliphatic heterocycles. The van der Waals surface area contributed by atoms with Gasteiger partial charge in [0.15, 0.2) is 0 Å². The minimum atomic E-state index is 0.0175. The molecule has 1 aliphatic rings. The monoisotopic (exact) mass is 477 g/mol. The first-order valence-corrected chi connectivity index (χ1v) is 12.9. The molecule has 0 fully saturated rings. The van der Waals surface area contributed by atoms with Crippen LogP contribution in [0.4, 0.5) is 0 Å². The Bertz CT molecular complexity index is 1320. The molecule has 0 saturated carbocycles. The first kappa shape index (κ1) is 24.2. The van der Waals surface area contributed by atoms with Gasteiger partial charge in [0, 0.05) is 18.8 Å². The highest BCUT2D eigenvalue weighted by Crippen LogP contribution is 2.39. The number of nitrogens with one attached hydrogen (secondary N) is 1. The van der Waals surface area contributed by atoms with E-state index in [-0.39, 0.29) is 12.1 Å². The Morgan fingerprint density at radius 1 is 1.08 bits per heavy atom. The standard InChI is InChI=1S/C31H35N5/c1-3-9-22-16-17-25(24(19-22)10-4-2)29(20-32)36(21-30-34-26-13-5-6-14-27(26)35-30)28-15-7-11-23-12-8-18-33-31(23)28/h3-6,8,12-14,16-19,28-29H,1-2,7,9-11,15,20-21,32H2,(H,34,35). The third kappa shape index (κ3) is 4.90. The molecule has 2 heterocycles. The lowest BCUT2D eigenvalue weighted by Gasteiger charge is -2.40. The second kappa shape index (κ2) is 11.0. The predicted octanol–water partition coefficient (Wildman–Crippen LogP) is 5.99. The molecule has 5 rings (SSSR count). The third-order valence-electron chi connectivity index (χ3n) is 7.27. The summed E-state index contributed by atoms with van der Waals surface area (Å²) in [5.41, 5.74) is 14.9. The van der Waals surface area contributed by atoms with Gasteiger partial charge in [-0.05, 0) is 72.6 Å². The van der Waals surface area contributed by atoms with Crippen molar-refractivity contribution in [1.82, 2.24) is 19.9 Å². The molecule has 0 saturated heterocycles. The van der Waals surface area contributed by atoms with Crippen LogP contribution in [0.25, 0.3) is 11.0 Å². The molecule has 5 heteroatoms. The van der Waals surface area contributed by atoms with E-state index in [1.54, 1.807) is 0 Å². The summed E-state index contributed by atoms with van der Waals surface area (Å²) in [5.74, 6) is 0.950. The molecule has 2 aromatic carbocycles. The largest absolute Gasteiger partial charge is 0.341 e. The Morgan fingerprint density at radius 2 is 1.94 bits per heavy atom. The van der Waals surface area contributed by atoms with Crippen LogP contribution in [0.15, 0.2) is 86.1 Å². The molecule has 3 N–H and O–H groups in total. The molecule has 2 unspecified atom stereocenters. The molecule has 36 heavy (non-hydrogen) atoms. The van der Waals surface area contributed by atoms with Crippen LogP contribution in [0.5, 0.6) is 0 Å². The number of allylic oxidation sites excluding steroid dienone is 2. The summed E-state index contributed by atoms with van der Waals surface area (Å²) in [6.45, 7) is 9.11. The maximum Gasteiger partial charge on any atom is 0.121 e. The Balaban J connectivity index is 1.60. The van der Waals surface area contributed by atoms with Crippen molar-refractivity contribution in [2.75, 3.05) is 6.54 Å². The number of aromatic amines is 1. The van der Waals surface area contributed by atoms with Crippen molar-refractivity contribution < 1.29 is 0 Å². The number of nitrogens with two attached hydrogens (primary N) is 1. The lowest BCUT2D eigenvalue weighted by atomic mass is 9.87. The van der Waals surface area contributed by atoms with Crippen molar-refractivity contribution in [3.63, 3.8) is 0 Å². The van der Waals surface area contributed by atoms with E-state index < -0.39 is 0 Å². The molecule has 2 atom stereocenters. The molecule has 0 bridgehead atoms. The van der Waals surface area contributed by atoms with Crippen molar-refractivity contribution in [1.29, 1.82) is 0 Å². The van der Waals surface area contributed by atoms with Gasteiger partial charge in [-0.15, -0.1) is 13.2 Å². The third-order valence-corrected chi connectivity index (χ3v) is 7.27. The Morgan fingerprint density at radius 3 is 2.75 bits per heavy atom. The number of fused-ring (bicyclic) bond motifs is 2. The molecule has 4 aromatic rings. The average Bonchev–Trinajstić information content (AvgIpc) is 3.32. The van der Waals surface area contributed by atoms with Gasteiger partial charge < -0.3 is 10.7 Å². The first-order chi connectivity index (χ1) is 17.7. The van der Waals surface area contributed by atoms with Crippen molar-refractivity contribution in [2.45, 2.75) is 50.7 Å². The molecular weight excluding hydrogens is 442 g/mol. The molecule has 0 radical (unpaired) electrons. The quantitative estimate of drug-likeness (QED) is 0.275. The maximum atomic E-state index is 6.59. The fraction of sp³-hybridized carbons (Fsp3) is 0.290. The molecule has 1 aliphatic carbocycles. The number of benzene rings is 2. The molecule has 0 spiro atoms. The second-order valence-electron chi connectivity index (χ2n) is 9.60. The number of aryl methyl sites for hydroxylation is 1. The lowest BCUT2D eigenvalue weighted by Crippen LogP contribution is -2.39. The van der Waals surface area contributed by atoms with Crippen LogP contribution in [0.1, 0.15) is 58.7 Å². The second-order valence-corrected chi connectivity index (χ2v) is 9.60. The molecule has 5 nitrogen and oxygen atoms in total. The molecule has 0 amide bonds. The molecule has 184 valence electrons. The molecule has 2 aromatic heterocycles. The summed E-state index contributed by atoms with van der Waals surface area (Å²) in [4.78, 5) is 15.9. The van der Waals surface area contributed by atoms with E-state index >= 15 is 0 Å². The van der Waals surface area contributed by atoms with Crippen LogP contribution in [0.2, 0.25) is 0 Å². The van der Waals surface area contributed by atoms with Crippen molar-refractivity contribution in [2.24, 2.45) is 5.73 Å². The number of para-hydroxylation sites is 2. The maximum absolute atomic E-state index is 6.59. The van der Waals surface area contributed by atoms with Crippen LogP contribution in [-0.2, 0) is 25.8 Å². The number of pyridine rings is 1. The van der Waals surface area contributed by atoms with Crippen LogP contribution in [-0.4, -0.2) is 26.4 Å². The highest BCUT2D eigenvalue weighted by Gasteiger charge is 2.33. The van der Waals surface area contributed by atoms with Crippen molar-refractivity contribution in [3.05, 3.63) is 120 Å². The predicted molar refractivity (Wildman–Crippen MR) is 148 cm³/mol. The fourth-order valence-electron chi connectivity index (χ4n) is 5.65. The van der Waals surface area contributed by atoms with Gasteiger partial charge in [-0.3, -0.25) is 9.88 Å². The summed E-state index contributed by atoms with van der Waals surface area (Å²) >= 11 is 0. The van der Waals surface area contributed by atoms with Gasteiger partial charge in [-0.2, -0.15) is 0 Å². The average molecular weight is 478 g/mol. The zero-order valence-corrected chi connectivity index (χ0v) is 20.9. The number of rotatable bonds is 10.